The Morgan fingerprint density at radius 1 is 1.21 bits per heavy atom. The van der Waals surface area contributed by atoms with Crippen molar-refractivity contribution in [3.63, 3.8) is 0 Å². The third kappa shape index (κ3) is 3.48. The predicted octanol–water partition coefficient (Wildman–Crippen LogP) is 0.929. The number of rotatable bonds is 5. The first-order valence-electron chi connectivity index (χ1n) is 7.93. The molecule has 3 aliphatic rings. The molecule has 2 heterocycles. The van der Waals surface area contributed by atoms with Crippen molar-refractivity contribution >= 4 is 5.91 Å². The van der Waals surface area contributed by atoms with E-state index >= 15 is 0 Å². The monoisotopic (exact) mass is 265 g/mol. The van der Waals surface area contributed by atoms with Gasteiger partial charge in [0.05, 0.1) is 6.04 Å². The number of nitrogens with one attached hydrogen (secondary N) is 1. The van der Waals surface area contributed by atoms with Crippen molar-refractivity contribution in [3.05, 3.63) is 0 Å². The van der Waals surface area contributed by atoms with Gasteiger partial charge < -0.3 is 15.1 Å². The summed E-state index contributed by atoms with van der Waals surface area (Å²) in [4.78, 5) is 16.9. The molecule has 0 aromatic rings. The smallest absolute Gasteiger partial charge is 0.239 e. The van der Waals surface area contributed by atoms with Gasteiger partial charge in [-0.15, -0.1) is 0 Å². The molecule has 0 radical (unpaired) electrons. The minimum atomic E-state index is 0.114. The first-order chi connectivity index (χ1) is 9.22. The van der Waals surface area contributed by atoms with Gasteiger partial charge in [0.15, 0.2) is 0 Å². The maximum absolute atomic E-state index is 12.3. The first-order valence-corrected chi connectivity index (χ1v) is 7.93. The van der Waals surface area contributed by atoms with Crippen LogP contribution in [0.1, 0.15) is 32.1 Å². The van der Waals surface area contributed by atoms with Crippen LogP contribution in [0.2, 0.25) is 0 Å². The number of hydrogen-bond donors (Lipinski definition) is 1. The van der Waals surface area contributed by atoms with Gasteiger partial charge in [0.2, 0.25) is 5.91 Å². The zero-order valence-electron chi connectivity index (χ0n) is 12.1. The predicted molar refractivity (Wildman–Crippen MR) is 75.9 cm³/mol. The van der Waals surface area contributed by atoms with Gasteiger partial charge in [-0.2, -0.15) is 0 Å². The molecule has 2 unspecified atom stereocenters. The van der Waals surface area contributed by atoms with E-state index in [9.17, 15) is 4.79 Å². The van der Waals surface area contributed by atoms with Crippen LogP contribution in [0.25, 0.3) is 0 Å². The van der Waals surface area contributed by atoms with Crippen LogP contribution in [0, 0.1) is 11.8 Å². The standard InChI is InChI=1S/C15H27N3O/c1-17(9-12-4-5-12)10-13-6-8-18(11-13)15(19)14-3-2-7-16-14/h12-14,16H,2-11H2,1H3. The average Bonchev–Trinajstić information content (AvgIpc) is 2.90. The van der Waals surface area contributed by atoms with E-state index in [4.69, 9.17) is 0 Å². The van der Waals surface area contributed by atoms with Crippen LogP contribution in [0.5, 0.6) is 0 Å². The van der Waals surface area contributed by atoms with Crippen LogP contribution in [-0.2, 0) is 4.79 Å². The van der Waals surface area contributed by atoms with Gasteiger partial charge in [0.1, 0.15) is 0 Å². The largest absolute Gasteiger partial charge is 0.341 e. The van der Waals surface area contributed by atoms with Crippen molar-refractivity contribution in [3.8, 4) is 0 Å². The van der Waals surface area contributed by atoms with Gasteiger partial charge in [-0.1, -0.05) is 0 Å². The number of likely N-dealkylation sites (tertiary alicyclic amines) is 1. The van der Waals surface area contributed by atoms with Gasteiger partial charge in [-0.3, -0.25) is 4.79 Å². The highest BCUT2D eigenvalue weighted by atomic mass is 16.2. The Morgan fingerprint density at radius 3 is 2.68 bits per heavy atom. The fourth-order valence-corrected chi connectivity index (χ4v) is 3.55. The van der Waals surface area contributed by atoms with Crippen molar-refractivity contribution in [2.75, 3.05) is 39.8 Å². The fraction of sp³-hybridized carbons (Fsp3) is 0.933. The summed E-state index contributed by atoms with van der Waals surface area (Å²) in [7, 11) is 2.24. The van der Waals surface area contributed by atoms with Crippen molar-refractivity contribution in [2.24, 2.45) is 11.8 Å². The number of carbonyl (C=O) groups excluding carboxylic acids is 1. The molecule has 3 rings (SSSR count). The Morgan fingerprint density at radius 2 is 2.00 bits per heavy atom. The van der Waals surface area contributed by atoms with Crippen LogP contribution >= 0.6 is 0 Å². The summed E-state index contributed by atoms with van der Waals surface area (Å²) in [6, 6.07) is 0.114. The number of amides is 1. The Kier molecular flexibility index (Phi) is 4.08. The third-order valence-corrected chi connectivity index (χ3v) is 4.79. The Bertz CT molecular complexity index is 323. The SMILES string of the molecule is CN(CC1CC1)CC1CCN(C(=O)C2CCCN2)C1. The zero-order chi connectivity index (χ0) is 13.2. The Balaban J connectivity index is 1.42. The van der Waals surface area contributed by atoms with E-state index < -0.39 is 0 Å². The van der Waals surface area contributed by atoms with Crippen LogP contribution in [0.15, 0.2) is 0 Å². The molecular formula is C15H27N3O. The molecule has 1 aliphatic carbocycles. The molecule has 0 aromatic carbocycles. The Hall–Kier alpha value is -0.610. The number of hydrogen-bond acceptors (Lipinski definition) is 3. The summed E-state index contributed by atoms with van der Waals surface area (Å²) in [6.07, 6.45) is 6.22. The van der Waals surface area contributed by atoms with Gasteiger partial charge in [0, 0.05) is 26.2 Å². The fourth-order valence-electron chi connectivity index (χ4n) is 3.55. The highest BCUT2D eigenvalue weighted by Gasteiger charge is 2.33. The molecule has 2 saturated heterocycles. The lowest BCUT2D eigenvalue weighted by molar-refractivity contribution is -0.132. The second-order valence-corrected chi connectivity index (χ2v) is 6.75. The van der Waals surface area contributed by atoms with E-state index in [0.717, 1.165) is 38.4 Å². The quantitative estimate of drug-likeness (QED) is 0.803. The molecule has 108 valence electrons. The van der Waals surface area contributed by atoms with Crippen LogP contribution < -0.4 is 5.32 Å². The van der Waals surface area contributed by atoms with E-state index in [2.05, 4.69) is 22.2 Å². The average molecular weight is 265 g/mol. The molecule has 4 nitrogen and oxygen atoms in total. The number of nitrogens with zero attached hydrogens (tertiary/aromatic N) is 2. The molecule has 0 aromatic heterocycles. The normalized spacial score (nSPS) is 31.4. The van der Waals surface area contributed by atoms with Gasteiger partial charge in [0.25, 0.3) is 0 Å². The summed E-state index contributed by atoms with van der Waals surface area (Å²) in [5.74, 6) is 2.01. The molecule has 1 amide bonds. The summed E-state index contributed by atoms with van der Waals surface area (Å²) < 4.78 is 0. The third-order valence-electron chi connectivity index (χ3n) is 4.79. The number of carbonyl (C=O) groups is 1. The topological polar surface area (TPSA) is 35.6 Å². The minimum absolute atomic E-state index is 0.114. The van der Waals surface area contributed by atoms with Gasteiger partial charge in [-0.05, 0) is 57.5 Å². The molecule has 1 N–H and O–H groups in total. The maximum Gasteiger partial charge on any atom is 0.239 e. The van der Waals surface area contributed by atoms with E-state index in [1.807, 2.05) is 0 Å². The molecule has 2 atom stereocenters. The molecule has 0 bridgehead atoms. The molecule has 4 heteroatoms. The summed E-state index contributed by atoms with van der Waals surface area (Å²) in [5.41, 5.74) is 0. The van der Waals surface area contributed by atoms with Crippen LogP contribution in [-0.4, -0.2) is 61.5 Å². The van der Waals surface area contributed by atoms with E-state index in [1.165, 1.54) is 32.4 Å². The van der Waals surface area contributed by atoms with Crippen LogP contribution in [0.3, 0.4) is 0 Å². The second-order valence-electron chi connectivity index (χ2n) is 6.75. The molecule has 2 aliphatic heterocycles. The lowest BCUT2D eigenvalue weighted by Crippen LogP contribution is -2.42. The van der Waals surface area contributed by atoms with E-state index in [0.29, 0.717) is 11.8 Å². The maximum atomic E-state index is 12.3. The van der Waals surface area contributed by atoms with E-state index in [-0.39, 0.29) is 6.04 Å². The van der Waals surface area contributed by atoms with Crippen molar-refractivity contribution in [2.45, 2.75) is 38.1 Å². The first kappa shape index (κ1) is 13.4. The van der Waals surface area contributed by atoms with Gasteiger partial charge >= 0.3 is 0 Å². The lowest BCUT2D eigenvalue weighted by atomic mass is 10.1. The zero-order valence-corrected chi connectivity index (χ0v) is 12.1. The lowest BCUT2D eigenvalue weighted by Gasteiger charge is -2.23. The van der Waals surface area contributed by atoms with E-state index in [1.54, 1.807) is 0 Å². The van der Waals surface area contributed by atoms with Crippen LogP contribution in [0.4, 0.5) is 0 Å². The Labute approximate surface area is 116 Å². The molecule has 19 heavy (non-hydrogen) atoms. The van der Waals surface area contributed by atoms with Crippen molar-refractivity contribution in [1.82, 2.24) is 15.1 Å². The molecule has 0 spiro atoms. The molecule has 1 saturated carbocycles. The minimum Gasteiger partial charge on any atom is -0.341 e. The van der Waals surface area contributed by atoms with Gasteiger partial charge in [-0.25, -0.2) is 0 Å². The summed E-state index contributed by atoms with van der Waals surface area (Å²) >= 11 is 0. The summed E-state index contributed by atoms with van der Waals surface area (Å²) in [6.45, 7) is 5.38. The molecular weight excluding hydrogens is 238 g/mol. The van der Waals surface area contributed by atoms with Crippen molar-refractivity contribution in [1.29, 1.82) is 0 Å². The highest BCUT2D eigenvalue weighted by molar-refractivity contribution is 5.82. The highest BCUT2D eigenvalue weighted by Crippen LogP contribution is 2.30. The van der Waals surface area contributed by atoms with Crippen molar-refractivity contribution < 1.29 is 4.79 Å². The second kappa shape index (κ2) is 5.80. The summed E-state index contributed by atoms with van der Waals surface area (Å²) in [5, 5.41) is 3.32. The molecule has 3 fully saturated rings.